The van der Waals surface area contributed by atoms with Crippen LogP contribution in [0.2, 0.25) is 0 Å². The lowest BCUT2D eigenvalue weighted by Gasteiger charge is -2.22. The third kappa shape index (κ3) is 14.5. The molecule has 1 rings (SSSR count). The quantitative estimate of drug-likeness (QED) is 0.458. The molecule has 0 saturated heterocycles. The van der Waals surface area contributed by atoms with Crippen LogP contribution in [0.4, 0.5) is 0 Å². The number of hydrogen-bond acceptors (Lipinski definition) is 0. The van der Waals surface area contributed by atoms with E-state index in [1.54, 1.807) is 0 Å². The average Bonchev–Trinajstić information content (AvgIpc) is 2.15. The largest absolute Gasteiger partial charge is 0.0776 e. The normalized spacial score (nSPS) is 24.4. The van der Waals surface area contributed by atoms with Crippen LogP contribution < -0.4 is 0 Å². The second kappa shape index (κ2) is 15.5. The predicted molar refractivity (Wildman–Crippen MR) is 70.8 cm³/mol. The van der Waals surface area contributed by atoms with Crippen molar-refractivity contribution < 1.29 is 0 Å². The number of hydrogen-bond donors (Lipinski definition) is 0. The summed E-state index contributed by atoms with van der Waals surface area (Å²) in [6.45, 7) is 13.0. The Morgan fingerprint density at radius 2 is 0.929 bits per heavy atom. The van der Waals surface area contributed by atoms with Gasteiger partial charge in [-0.3, -0.25) is 0 Å². The van der Waals surface area contributed by atoms with E-state index in [1.165, 1.54) is 32.1 Å². The van der Waals surface area contributed by atoms with Crippen LogP contribution in [0.25, 0.3) is 0 Å². The lowest BCUT2D eigenvalue weighted by molar-refractivity contribution is 0.308. The first kappa shape index (κ1) is 19.6. The summed E-state index contributed by atoms with van der Waals surface area (Å²) in [4.78, 5) is 0. The highest BCUT2D eigenvalue weighted by molar-refractivity contribution is 4.65. The van der Waals surface area contributed by atoms with Gasteiger partial charge in [-0.05, 0) is 11.8 Å². The van der Waals surface area contributed by atoms with E-state index in [0.29, 0.717) is 0 Å². The third-order valence-corrected chi connectivity index (χ3v) is 2.30. The summed E-state index contributed by atoms with van der Waals surface area (Å²) in [5.41, 5.74) is 0. The van der Waals surface area contributed by atoms with E-state index in [1.807, 2.05) is 13.8 Å². The van der Waals surface area contributed by atoms with E-state index in [0.717, 1.165) is 11.8 Å². The molecule has 0 aromatic rings. The smallest absolute Gasteiger partial charge is 0.0443 e. The molecule has 90 valence electrons. The van der Waals surface area contributed by atoms with Crippen LogP contribution in [0.5, 0.6) is 0 Å². The summed E-state index contributed by atoms with van der Waals surface area (Å²) >= 11 is 0. The summed E-state index contributed by atoms with van der Waals surface area (Å²) < 4.78 is 0. The SMILES string of the molecule is C.CC.CC1CCC(C)CC1.CCC. The molecule has 0 heteroatoms. The minimum Gasteiger partial charge on any atom is -0.0776 e. The summed E-state index contributed by atoms with van der Waals surface area (Å²) in [6.07, 6.45) is 7.14. The summed E-state index contributed by atoms with van der Waals surface area (Å²) in [6, 6.07) is 0. The van der Waals surface area contributed by atoms with Crippen LogP contribution in [0.3, 0.4) is 0 Å². The van der Waals surface area contributed by atoms with Crippen molar-refractivity contribution in [2.24, 2.45) is 11.8 Å². The van der Waals surface area contributed by atoms with Crippen LogP contribution in [-0.2, 0) is 0 Å². The van der Waals surface area contributed by atoms with E-state index in [-0.39, 0.29) is 7.43 Å². The molecule has 0 radical (unpaired) electrons. The molecule has 1 aliphatic carbocycles. The van der Waals surface area contributed by atoms with Gasteiger partial charge in [0.15, 0.2) is 0 Å². The Kier molecular flexibility index (Phi) is 21.6. The van der Waals surface area contributed by atoms with Crippen molar-refractivity contribution in [3.05, 3.63) is 0 Å². The van der Waals surface area contributed by atoms with Crippen molar-refractivity contribution in [2.75, 3.05) is 0 Å². The van der Waals surface area contributed by atoms with Crippen molar-refractivity contribution >= 4 is 0 Å². The maximum Gasteiger partial charge on any atom is -0.0443 e. The van der Waals surface area contributed by atoms with E-state index >= 15 is 0 Å². The molecule has 0 aliphatic heterocycles. The van der Waals surface area contributed by atoms with Crippen LogP contribution in [0, 0.1) is 11.8 Å². The second-order valence-electron chi connectivity index (χ2n) is 4.07. The Hall–Kier alpha value is 0. The third-order valence-electron chi connectivity index (χ3n) is 2.30. The van der Waals surface area contributed by atoms with Crippen LogP contribution in [0.15, 0.2) is 0 Å². The monoisotopic (exact) mass is 202 g/mol. The molecular formula is C14H34. The maximum absolute atomic E-state index is 2.37. The van der Waals surface area contributed by atoms with E-state index in [9.17, 15) is 0 Å². The summed E-state index contributed by atoms with van der Waals surface area (Å²) in [5.74, 6) is 2.04. The number of rotatable bonds is 0. The van der Waals surface area contributed by atoms with Gasteiger partial charge >= 0.3 is 0 Å². The fourth-order valence-electron chi connectivity index (χ4n) is 1.43. The molecule has 0 nitrogen and oxygen atoms in total. The second-order valence-corrected chi connectivity index (χ2v) is 4.07. The van der Waals surface area contributed by atoms with Crippen molar-refractivity contribution in [2.45, 2.75) is 81.1 Å². The van der Waals surface area contributed by atoms with Gasteiger partial charge in [-0.15, -0.1) is 0 Å². The molecule has 0 heterocycles. The molecule has 0 aromatic carbocycles. The van der Waals surface area contributed by atoms with Gasteiger partial charge in [0.25, 0.3) is 0 Å². The molecule has 0 amide bonds. The summed E-state index contributed by atoms with van der Waals surface area (Å²) in [5, 5.41) is 0. The van der Waals surface area contributed by atoms with Gasteiger partial charge < -0.3 is 0 Å². The molecule has 1 saturated carbocycles. The van der Waals surface area contributed by atoms with Gasteiger partial charge in [0.1, 0.15) is 0 Å². The van der Waals surface area contributed by atoms with Gasteiger partial charge in [-0.25, -0.2) is 0 Å². The topological polar surface area (TPSA) is 0 Å². The van der Waals surface area contributed by atoms with E-state index < -0.39 is 0 Å². The van der Waals surface area contributed by atoms with E-state index in [2.05, 4.69) is 27.7 Å². The Balaban J connectivity index is -0.000000176. The maximum atomic E-state index is 2.37. The molecule has 0 N–H and O–H groups in total. The minimum atomic E-state index is 0. The molecule has 0 unspecified atom stereocenters. The molecular weight excluding hydrogens is 168 g/mol. The van der Waals surface area contributed by atoms with Crippen molar-refractivity contribution in [3.8, 4) is 0 Å². The first-order valence-electron chi connectivity index (χ1n) is 6.20. The highest BCUT2D eigenvalue weighted by Crippen LogP contribution is 2.27. The van der Waals surface area contributed by atoms with Crippen molar-refractivity contribution in [1.29, 1.82) is 0 Å². The lowest BCUT2D eigenvalue weighted by Crippen LogP contribution is -2.08. The predicted octanol–water partition coefficient (Wildman–Crippen LogP) is 5.91. The Bertz CT molecular complexity index is 58.1. The highest BCUT2D eigenvalue weighted by atomic mass is 14.2. The summed E-state index contributed by atoms with van der Waals surface area (Å²) in [7, 11) is 0. The molecule has 0 atom stereocenters. The molecule has 0 aromatic heterocycles. The zero-order valence-corrected chi connectivity index (χ0v) is 10.7. The molecule has 1 aliphatic rings. The van der Waals surface area contributed by atoms with Crippen LogP contribution in [0.1, 0.15) is 81.1 Å². The first-order chi connectivity index (χ1) is 6.20. The van der Waals surface area contributed by atoms with Gasteiger partial charge in [0.2, 0.25) is 0 Å². The minimum absolute atomic E-state index is 0. The molecule has 0 bridgehead atoms. The molecule has 0 spiro atoms. The Labute approximate surface area is 93.5 Å². The lowest BCUT2D eigenvalue weighted by atomic mass is 9.84. The first-order valence-corrected chi connectivity index (χ1v) is 6.20. The zero-order valence-electron chi connectivity index (χ0n) is 10.7. The molecule has 1 fully saturated rings. The standard InChI is InChI=1S/C8H16.C3H8.C2H6.CH4/c1-7-3-5-8(2)6-4-7;1-3-2;1-2;/h7-8H,3-6H2,1-2H3;3H2,1-2H3;1-2H3;1H4. The fourth-order valence-corrected chi connectivity index (χ4v) is 1.43. The average molecular weight is 202 g/mol. The van der Waals surface area contributed by atoms with Gasteiger partial charge in [-0.2, -0.15) is 0 Å². The van der Waals surface area contributed by atoms with Crippen LogP contribution >= 0.6 is 0 Å². The molecule has 14 heavy (non-hydrogen) atoms. The Morgan fingerprint density at radius 3 is 1.07 bits per heavy atom. The van der Waals surface area contributed by atoms with Gasteiger partial charge in [0.05, 0.1) is 0 Å². The zero-order chi connectivity index (χ0) is 10.7. The van der Waals surface area contributed by atoms with Crippen molar-refractivity contribution in [1.82, 2.24) is 0 Å². The van der Waals surface area contributed by atoms with Gasteiger partial charge in [0, 0.05) is 0 Å². The van der Waals surface area contributed by atoms with Crippen molar-refractivity contribution in [3.63, 3.8) is 0 Å². The Morgan fingerprint density at radius 1 is 0.786 bits per heavy atom. The van der Waals surface area contributed by atoms with E-state index in [4.69, 9.17) is 0 Å². The fraction of sp³-hybridized carbons (Fsp3) is 1.00. The highest BCUT2D eigenvalue weighted by Gasteiger charge is 2.13. The van der Waals surface area contributed by atoms with Crippen LogP contribution in [-0.4, -0.2) is 0 Å². The van der Waals surface area contributed by atoms with Gasteiger partial charge in [-0.1, -0.05) is 81.1 Å².